The molecular weight excluding hydrogens is 268 g/mol. The van der Waals surface area contributed by atoms with Gasteiger partial charge in [0.1, 0.15) is 10.3 Å². The third-order valence-electron chi connectivity index (χ3n) is 2.83. The zero-order valence-corrected chi connectivity index (χ0v) is 11.9. The molecule has 0 bridgehead atoms. The third-order valence-corrected chi connectivity index (χ3v) is 3.59. The molecule has 0 atom stereocenters. The van der Waals surface area contributed by atoms with E-state index in [1.165, 1.54) is 0 Å². The number of aromatic nitrogens is 2. The molecule has 4 heteroatoms. The molecule has 0 fully saturated rings. The normalized spacial score (nSPS) is 11.4. The van der Waals surface area contributed by atoms with Gasteiger partial charge in [-0.3, -0.25) is 4.79 Å². The summed E-state index contributed by atoms with van der Waals surface area (Å²) in [7, 11) is 0. The zero-order valence-electron chi connectivity index (χ0n) is 10.3. The minimum atomic E-state index is -0.0689. The lowest BCUT2D eigenvalue weighted by Crippen LogP contribution is -2.18. The molecule has 90 valence electrons. The van der Waals surface area contributed by atoms with E-state index < -0.39 is 0 Å². The Morgan fingerprint density at radius 2 is 1.88 bits per heavy atom. The lowest BCUT2D eigenvalue weighted by atomic mass is 10.0. The summed E-state index contributed by atoms with van der Waals surface area (Å²) in [5, 5.41) is 0. The number of aromatic amines is 1. The fourth-order valence-electron chi connectivity index (χ4n) is 1.75. The van der Waals surface area contributed by atoms with Crippen LogP contribution in [0, 0.1) is 0 Å². The molecule has 0 aliphatic carbocycles. The second-order valence-corrected chi connectivity index (χ2v) is 5.11. The summed E-state index contributed by atoms with van der Waals surface area (Å²) in [6.07, 6.45) is 2.00. The van der Waals surface area contributed by atoms with Crippen molar-refractivity contribution in [1.82, 2.24) is 9.97 Å². The minimum Gasteiger partial charge on any atom is -0.309 e. The summed E-state index contributed by atoms with van der Waals surface area (Å²) in [6.45, 7) is 8.32. The lowest BCUT2D eigenvalue weighted by molar-refractivity contribution is 0.589. The summed E-state index contributed by atoms with van der Waals surface area (Å²) in [5.41, 5.74) is 0.784. The Morgan fingerprint density at radius 3 is 2.31 bits per heavy atom. The predicted octanol–water partition coefficient (Wildman–Crippen LogP) is 3.56. The van der Waals surface area contributed by atoms with Crippen LogP contribution >= 0.6 is 15.9 Å². The van der Waals surface area contributed by atoms with Crippen LogP contribution in [-0.4, -0.2) is 9.97 Å². The van der Waals surface area contributed by atoms with Crippen LogP contribution in [0.25, 0.3) is 0 Å². The van der Waals surface area contributed by atoms with E-state index in [9.17, 15) is 4.79 Å². The van der Waals surface area contributed by atoms with Crippen LogP contribution in [0.4, 0.5) is 0 Å². The summed E-state index contributed by atoms with van der Waals surface area (Å²) in [5.74, 6) is 1.42. The highest BCUT2D eigenvalue weighted by atomic mass is 79.9. The molecular formula is C12H19BrN2O. The Balaban J connectivity index is 3.28. The van der Waals surface area contributed by atoms with Crippen molar-refractivity contribution in [3.63, 3.8) is 0 Å². The van der Waals surface area contributed by atoms with E-state index in [1.807, 2.05) is 13.8 Å². The van der Waals surface area contributed by atoms with Crippen molar-refractivity contribution >= 4 is 15.9 Å². The first-order valence-electron chi connectivity index (χ1n) is 5.80. The smallest absolute Gasteiger partial charge is 0.265 e. The Bertz CT molecular complexity index is 408. The second-order valence-electron chi connectivity index (χ2n) is 4.32. The molecule has 0 radical (unpaired) electrons. The number of hydrogen-bond donors (Lipinski definition) is 1. The highest BCUT2D eigenvalue weighted by Gasteiger charge is 2.16. The maximum absolute atomic E-state index is 11.8. The van der Waals surface area contributed by atoms with Crippen molar-refractivity contribution in [2.24, 2.45) is 0 Å². The summed E-state index contributed by atoms with van der Waals surface area (Å²) < 4.78 is 0.567. The van der Waals surface area contributed by atoms with Gasteiger partial charge in [-0.25, -0.2) is 4.98 Å². The van der Waals surface area contributed by atoms with E-state index in [0.29, 0.717) is 10.4 Å². The molecule has 0 unspecified atom stereocenters. The quantitative estimate of drug-likeness (QED) is 0.920. The van der Waals surface area contributed by atoms with E-state index >= 15 is 0 Å². The highest BCUT2D eigenvalue weighted by molar-refractivity contribution is 9.10. The van der Waals surface area contributed by atoms with Crippen molar-refractivity contribution in [3.8, 4) is 0 Å². The van der Waals surface area contributed by atoms with Crippen LogP contribution in [0.1, 0.15) is 63.9 Å². The monoisotopic (exact) mass is 286 g/mol. The molecule has 0 amide bonds. The molecule has 1 rings (SSSR count). The fourth-order valence-corrected chi connectivity index (χ4v) is 2.39. The topological polar surface area (TPSA) is 45.8 Å². The predicted molar refractivity (Wildman–Crippen MR) is 70.0 cm³/mol. The molecule has 1 heterocycles. The van der Waals surface area contributed by atoms with Crippen molar-refractivity contribution in [1.29, 1.82) is 0 Å². The van der Waals surface area contributed by atoms with Gasteiger partial charge in [0.25, 0.3) is 5.56 Å². The van der Waals surface area contributed by atoms with E-state index in [-0.39, 0.29) is 11.5 Å². The highest BCUT2D eigenvalue weighted by Crippen LogP contribution is 2.23. The van der Waals surface area contributed by atoms with Crippen LogP contribution < -0.4 is 5.56 Å². The summed E-state index contributed by atoms with van der Waals surface area (Å²) >= 11 is 3.30. The van der Waals surface area contributed by atoms with Crippen LogP contribution in [-0.2, 0) is 0 Å². The van der Waals surface area contributed by atoms with Crippen LogP contribution in [0.3, 0.4) is 0 Å². The van der Waals surface area contributed by atoms with Crippen LogP contribution in [0.5, 0.6) is 0 Å². The SMILES string of the molecule is CCC(CC)c1nc(C(C)C)c(Br)c(=O)[nH]1. The van der Waals surface area contributed by atoms with Crippen LogP contribution in [0.2, 0.25) is 0 Å². The maximum atomic E-state index is 11.8. The lowest BCUT2D eigenvalue weighted by Gasteiger charge is -2.14. The first-order chi connectivity index (χ1) is 7.51. The zero-order chi connectivity index (χ0) is 12.3. The summed E-state index contributed by atoms with van der Waals surface area (Å²) in [4.78, 5) is 19.2. The molecule has 0 aliphatic heterocycles. The van der Waals surface area contributed by atoms with Gasteiger partial charge in [-0.15, -0.1) is 0 Å². The van der Waals surface area contributed by atoms with E-state index in [2.05, 4.69) is 39.7 Å². The molecule has 0 spiro atoms. The average Bonchev–Trinajstić information content (AvgIpc) is 2.24. The average molecular weight is 287 g/mol. The first-order valence-corrected chi connectivity index (χ1v) is 6.60. The maximum Gasteiger partial charge on any atom is 0.265 e. The molecule has 1 aromatic heterocycles. The van der Waals surface area contributed by atoms with Crippen molar-refractivity contribution in [2.75, 3.05) is 0 Å². The van der Waals surface area contributed by atoms with Gasteiger partial charge in [0.05, 0.1) is 5.69 Å². The van der Waals surface area contributed by atoms with Gasteiger partial charge >= 0.3 is 0 Å². The molecule has 1 aromatic rings. The number of nitrogens with zero attached hydrogens (tertiary/aromatic N) is 1. The van der Waals surface area contributed by atoms with Gasteiger partial charge in [0, 0.05) is 5.92 Å². The van der Waals surface area contributed by atoms with E-state index in [4.69, 9.17) is 0 Å². The second kappa shape index (κ2) is 5.62. The number of rotatable bonds is 4. The van der Waals surface area contributed by atoms with Crippen molar-refractivity contribution in [2.45, 2.75) is 52.4 Å². The van der Waals surface area contributed by atoms with E-state index in [0.717, 1.165) is 24.4 Å². The van der Waals surface area contributed by atoms with E-state index in [1.54, 1.807) is 0 Å². The van der Waals surface area contributed by atoms with Crippen molar-refractivity contribution in [3.05, 3.63) is 26.3 Å². The number of hydrogen-bond acceptors (Lipinski definition) is 2. The molecule has 0 aliphatic rings. The van der Waals surface area contributed by atoms with Crippen LogP contribution in [0.15, 0.2) is 9.27 Å². The Kier molecular flexibility index (Phi) is 4.71. The Hall–Kier alpha value is -0.640. The Morgan fingerprint density at radius 1 is 1.31 bits per heavy atom. The number of H-pyrrole nitrogens is 1. The first kappa shape index (κ1) is 13.4. The molecule has 0 aromatic carbocycles. The molecule has 0 saturated carbocycles. The van der Waals surface area contributed by atoms with Gasteiger partial charge < -0.3 is 4.98 Å². The van der Waals surface area contributed by atoms with Gasteiger partial charge in [-0.05, 0) is 34.7 Å². The van der Waals surface area contributed by atoms with Crippen molar-refractivity contribution < 1.29 is 0 Å². The molecule has 3 nitrogen and oxygen atoms in total. The van der Waals surface area contributed by atoms with Gasteiger partial charge in [0.2, 0.25) is 0 Å². The largest absolute Gasteiger partial charge is 0.309 e. The molecule has 0 saturated heterocycles. The molecule has 16 heavy (non-hydrogen) atoms. The van der Waals surface area contributed by atoms with Gasteiger partial charge in [-0.1, -0.05) is 27.7 Å². The minimum absolute atomic E-state index is 0.0689. The standard InChI is InChI=1S/C12H19BrN2O/c1-5-8(6-2)11-14-10(7(3)4)9(13)12(16)15-11/h7-8H,5-6H2,1-4H3,(H,14,15,16). The molecule has 1 N–H and O–H groups in total. The van der Waals surface area contributed by atoms with Gasteiger partial charge in [0.15, 0.2) is 0 Å². The van der Waals surface area contributed by atoms with Gasteiger partial charge in [-0.2, -0.15) is 0 Å². The third kappa shape index (κ3) is 2.73. The number of nitrogens with one attached hydrogen (secondary N) is 1. The Labute approximate surface area is 105 Å². The summed E-state index contributed by atoms with van der Waals surface area (Å²) in [6, 6.07) is 0. The fraction of sp³-hybridized carbons (Fsp3) is 0.667. The number of halogens is 1.